The van der Waals surface area contributed by atoms with Gasteiger partial charge in [0.05, 0.1) is 26.2 Å². The molecule has 3 atom stereocenters. The van der Waals surface area contributed by atoms with Gasteiger partial charge in [0.25, 0.3) is 0 Å². The number of phosphoric ester groups is 1. The molecule has 0 bridgehead atoms. The third kappa shape index (κ3) is 57.8. The highest BCUT2D eigenvalue weighted by Crippen LogP contribution is 2.43. The molecule has 0 radical (unpaired) electrons. The minimum absolute atomic E-state index is 0.0685. The summed E-state index contributed by atoms with van der Waals surface area (Å²) in [6.45, 7) is 4.18. The molecule has 0 aromatic carbocycles. The van der Waals surface area contributed by atoms with E-state index in [1.165, 1.54) is 51.4 Å². The smallest absolute Gasteiger partial charge is 0.462 e. The first-order chi connectivity index (χ1) is 39.2. The largest absolute Gasteiger partial charge is 0.472 e. The van der Waals surface area contributed by atoms with Crippen LogP contribution in [-0.2, 0) is 42.2 Å². The molecule has 0 saturated heterocycles. The first-order valence-corrected chi connectivity index (χ1v) is 31.9. The highest BCUT2D eigenvalue weighted by molar-refractivity contribution is 7.47. The molecule has 11 nitrogen and oxygen atoms in total. The third-order valence-electron chi connectivity index (χ3n) is 12.0. The maximum atomic E-state index is 12.9. The molecule has 450 valence electrons. The Kier molecular flexibility index (Phi) is 56.5. The number of phosphoric acid groups is 1. The van der Waals surface area contributed by atoms with E-state index in [1.807, 2.05) is 30.4 Å². The molecule has 12 heteroatoms. The van der Waals surface area contributed by atoms with Crippen LogP contribution >= 0.6 is 7.82 Å². The summed E-state index contributed by atoms with van der Waals surface area (Å²) in [7, 11) is -4.80. The van der Waals surface area contributed by atoms with Gasteiger partial charge in [-0.25, -0.2) is 4.57 Å². The molecular weight excluding hydrogens is 1020 g/mol. The van der Waals surface area contributed by atoms with Crippen molar-refractivity contribution in [3.8, 4) is 0 Å². The molecule has 0 rings (SSSR count). The van der Waals surface area contributed by atoms with Gasteiger partial charge >= 0.3 is 25.7 Å². The van der Waals surface area contributed by atoms with Crippen molar-refractivity contribution in [2.75, 3.05) is 26.4 Å². The minimum atomic E-state index is -4.80. The molecule has 0 fully saturated rings. The van der Waals surface area contributed by atoms with Crippen LogP contribution in [0.4, 0.5) is 0 Å². The molecule has 80 heavy (non-hydrogen) atoms. The number of ether oxygens (including phenoxy) is 3. The normalized spacial score (nSPS) is 14.4. The Bertz CT molecular complexity index is 1950. The molecular formula is C68H107O11P. The van der Waals surface area contributed by atoms with Crippen molar-refractivity contribution in [2.45, 2.75) is 226 Å². The van der Waals surface area contributed by atoms with Gasteiger partial charge < -0.3 is 24.2 Å². The van der Waals surface area contributed by atoms with Crippen molar-refractivity contribution in [3.05, 3.63) is 158 Å². The quantitative estimate of drug-likeness (QED) is 0.0197. The zero-order chi connectivity index (χ0) is 58.3. The Labute approximate surface area is 485 Å². The second kappa shape index (κ2) is 60.2. The van der Waals surface area contributed by atoms with E-state index in [1.54, 1.807) is 6.08 Å². The van der Waals surface area contributed by atoms with Crippen LogP contribution in [0.25, 0.3) is 0 Å². The maximum absolute atomic E-state index is 12.9. The third-order valence-corrected chi connectivity index (χ3v) is 12.9. The predicted molar refractivity (Wildman–Crippen MR) is 334 cm³/mol. The summed E-state index contributed by atoms with van der Waals surface area (Å²) in [5.41, 5.74) is 0. The summed E-state index contributed by atoms with van der Waals surface area (Å²) in [4.78, 5) is 48.6. The summed E-state index contributed by atoms with van der Waals surface area (Å²) in [6.07, 6.45) is 79.6. The van der Waals surface area contributed by atoms with Gasteiger partial charge in [0.15, 0.2) is 6.10 Å². The average molecular weight is 1130 g/mol. The van der Waals surface area contributed by atoms with Crippen LogP contribution in [0, 0.1) is 0 Å². The topological polar surface area (TPSA) is 155 Å². The lowest BCUT2D eigenvalue weighted by Gasteiger charge is -2.21. The standard InChI is InChI=1S/C68H107O11P/c1-4-7-10-13-16-19-22-25-28-30-32-34-37-39-42-45-48-51-54-57-66(70)75-61-65(79-68(72)59-56-53-50-47-44-41-38-35-33-31-29-26-23-20-17-14-11-8-5-2)63-77-80(73,74)76-62-64(60-69)78-67(71)58-55-52-49-46-43-40-36-27-24-21-18-15-12-9-6-3/h7,9-10,12,16-21,25-29,32,34,36,39,42-43,46,48,51-52,55,64-65,69H,4-6,8,11,13-15,22-24,30-31,33,35,37-38,40-41,44-45,47,49-50,53-54,56-63H2,1-3H3,(H,73,74)/b10-7-,12-9-,19-16-,20-17-,21-18-,28-25-,29-26-,34-32-,36-27-,42-39-,46-43-,51-48-,55-52-. The summed E-state index contributed by atoms with van der Waals surface area (Å²) in [5.74, 6) is -1.73. The Morgan fingerprint density at radius 1 is 0.375 bits per heavy atom. The van der Waals surface area contributed by atoms with E-state index in [2.05, 4.69) is 142 Å². The van der Waals surface area contributed by atoms with Crippen molar-refractivity contribution in [1.82, 2.24) is 0 Å². The molecule has 0 aliphatic carbocycles. The number of unbranched alkanes of at least 4 members (excludes halogenated alkanes) is 12. The number of esters is 3. The van der Waals surface area contributed by atoms with E-state index in [0.29, 0.717) is 19.3 Å². The summed E-state index contributed by atoms with van der Waals surface area (Å²) >= 11 is 0. The van der Waals surface area contributed by atoms with Crippen LogP contribution in [0.1, 0.15) is 213 Å². The number of allylic oxidation sites excluding steroid dienone is 25. The minimum Gasteiger partial charge on any atom is -0.462 e. The molecule has 0 spiro atoms. The fourth-order valence-corrected chi connectivity index (χ4v) is 8.21. The number of aliphatic hydroxyl groups excluding tert-OH is 1. The van der Waals surface area contributed by atoms with Crippen LogP contribution in [-0.4, -0.2) is 66.5 Å². The van der Waals surface area contributed by atoms with E-state index >= 15 is 0 Å². The number of hydrogen-bond donors (Lipinski definition) is 2. The van der Waals surface area contributed by atoms with Crippen molar-refractivity contribution >= 4 is 25.7 Å². The second-order valence-electron chi connectivity index (χ2n) is 19.4. The van der Waals surface area contributed by atoms with Gasteiger partial charge in [0.2, 0.25) is 0 Å². The first kappa shape index (κ1) is 75.1. The molecule has 3 unspecified atom stereocenters. The number of aliphatic hydroxyl groups is 1. The van der Waals surface area contributed by atoms with Crippen LogP contribution in [0.5, 0.6) is 0 Å². The van der Waals surface area contributed by atoms with Crippen LogP contribution in [0.15, 0.2) is 158 Å². The number of carbonyl (C=O) groups excluding carboxylic acids is 3. The zero-order valence-corrected chi connectivity index (χ0v) is 50.6. The summed E-state index contributed by atoms with van der Waals surface area (Å²) in [5, 5.41) is 9.81. The van der Waals surface area contributed by atoms with Gasteiger partial charge in [-0.1, -0.05) is 237 Å². The van der Waals surface area contributed by atoms with Gasteiger partial charge in [-0.15, -0.1) is 0 Å². The Morgan fingerprint density at radius 2 is 0.725 bits per heavy atom. The van der Waals surface area contributed by atoms with Crippen LogP contribution in [0.3, 0.4) is 0 Å². The Balaban J connectivity index is 4.93. The lowest BCUT2D eigenvalue weighted by Crippen LogP contribution is -2.30. The molecule has 0 aliphatic rings. The molecule has 0 aliphatic heterocycles. The average Bonchev–Trinajstić information content (AvgIpc) is 3.45. The predicted octanol–water partition coefficient (Wildman–Crippen LogP) is 18.5. The molecule has 0 heterocycles. The monoisotopic (exact) mass is 1130 g/mol. The SMILES string of the molecule is CC/C=C\C/C=C\C/C=C\C/C=C\C/C=C\C/C=C\CCC(=O)OCC(COP(=O)(O)OCC(CO)OC(=O)C/C=C\C/C=C\C/C=C\C/C=C\C/C=C\CC)OC(=O)CCCCCCCCCCC/C=C\C/C=C\CCCCC. The fourth-order valence-electron chi connectivity index (χ4n) is 7.43. The van der Waals surface area contributed by atoms with Crippen molar-refractivity contribution in [3.63, 3.8) is 0 Å². The van der Waals surface area contributed by atoms with Crippen molar-refractivity contribution < 1.29 is 52.2 Å². The van der Waals surface area contributed by atoms with E-state index in [0.717, 1.165) is 103 Å². The van der Waals surface area contributed by atoms with Gasteiger partial charge in [-0.2, -0.15) is 0 Å². The van der Waals surface area contributed by atoms with Gasteiger partial charge in [-0.05, 0) is 116 Å². The van der Waals surface area contributed by atoms with E-state index in [-0.39, 0.29) is 19.3 Å². The number of carbonyl (C=O) groups is 3. The molecule has 2 N–H and O–H groups in total. The Hall–Kier alpha value is -4.90. The molecule has 0 amide bonds. The van der Waals surface area contributed by atoms with Crippen molar-refractivity contribution in [1.29, 1.82) is 0 Å². The highest BCUT2D eigenvalue weighted by atomic mass is 31.2. The lowest BCUT2D eigenvalue weighted by atomic mass is 10.1. The maximum Gasteiger partial charge on any atom is 0.472 e. The number of hydrogen-bond acceptors (Lipinski definition) is 10. The van der Waals surface area contributed by atoms with Gasteiger partial charge in [0.1, 0.15) is 12.7 Å². The second-order valence-corrected chi connectivity index (χ2v) is 20.9. The molecule has 0 aromatic rings. The summed E-state index contributed by atoms with van der Waals surface area (Å²) in [6, 6.07) is 0. The van der Waals surface area contributed by atoms with Crippen molar-refractivity contribution in [2.24, 2.45) is 0 Å². The fraction of sp³-hybridized carbons (Fsp3) is 0.574. The molecule has 0 saturated carbocycles. The van der Waals surface area contributed by atoms with Crippen LogP contribution < -0.4 is 0 Å². The van der Waals surface area contributed by atoms with Gasteiger partial charge in [-0.3, -0.25) is 23.4 Å². The van der Waals surface area contributed by atoms with Gasteiger partial charge in [0, 0.05) is 12.8 Å². The lowest BCUT2D eigenvalue weighted by molar-refractivity contribution is -0.161. The highest BCUT2D eigenvalue weighted by Gasteiger charge is 2.28. The number of rotatable bonds is 54. The zero-order valence-electron chi connectivity index (χ0n) is 49.7. The van der Waals surface area contributed by atoms with Crippen LogP contribution in [0.2, 0.25) is 0 Å². The van der Waals surface area contributed by atoms with E-state index in [9.17, 15) is 28.9 Å². The summed E-state index contributed by atoms with van der Waals surface area (Å²) < 4.78 is 39.4. The molecule has 0 aromatic heterocycles. The Morgan fingerprint density at radius 3 is 1.15 bits per heavy atom. The van der Waals surface area contributed by atoms with E-state index < -0.39 is 64.4 Å². The first-order valence-electron chi connectivity index (χ1n) is 30.4. The van der Waals surface area contributed by atoms with E-state index in [4.69, 9.17) is 23.3 Å².